The van der Waals surface area contributed by atoms with Crippen molar-refractivity contribution in [3.63, 3.8) is 0 Å². The number of rotatable bonds is 8. The Morgan fingerprint density at radius 2 is 1.80 bits per heavy atom. The Balaban J connectivity index is 2.91. The van der Waals surface area contributed by atoms with Gasteiger partial charge in [-0.1, -0.05) is 45.4 Å². The topological polar surface area (TPSA) is 66.5 Å². The highest BCUT2D eigenvalue weighted by Crippen LogP contribution is 2.24. The van der Waals surface area contributed by atoms with Gasteiger partial charge >= 0.3 is 0 Å². The molecule has 25 heavy (non-hydrogen) atoms. The molecule has 1 aromatic carbocycles. The van der Waals surface area contributed by atoms with Crippen LogP contribution in [0.4, 0.5) is 5.69 Å². The van der Waals surface area contributed by atoms with Gasteiger partial charge in [0.05, 0.1) is 11.9 Å². The molecule has 0 aliphatic rings. The highest BCUT2D eigenvalue weighted by molar-refractivity contribution is 8.00. The third kappa shape index (κ3) is 7.28. The standard InChI is InChI=1S/C18H30N2O3S2/c1-7-16(17(21)19-12-13-24-18(3,4)5)20(25(6,22)23)15-10-8-14(2)9-11-15/h8-11,16H,7,12-13H2,1-6H3,(H,19,21)/t16-/m1/s1. The second-order valence-electron chi connectivity index (χ2n) is 7.07. The molecule has 0 radical (unpaired) electrons. The largest absolute Gasteiger partial charge is 0.353 e. The Morgan fingerprint density at radius 3 is 2.24 bits per heavy atom. The predicted molar refractivity (Wildman–Crippen MR) is 108 cm³/mol. The van der Waals surface area contributed by atoms with Crippen LogP contribution in [0.15, 0.2) is 24.3 Å². The third-order valence-electron chi connectivity index (χ3n) is 3.55. The van der Waals surface area contributed by atoms with Gasteiger partial charge < -0.3 is 5.32 Å². The molecule has 0 saturated heterocycles. The summed E-state index contributed by atoms with van der Waals surface area (Å²) in [6.07, 6.45) is 1.54. The Kier molecular flexibility index (Phi) is 7.81. The lowest BCUT2D eigenvalue weighted by Gasteiger charge is -2.30. The quantitative estimate of drug-likeness (QED) is 0.697. The van der Waals surface area contributed by atoms with Crippen molar-refractivity contribution < 1.29 is 13.2 Å². The molecule has 5 nitrogen and oxygen atoms in total. The molecule has 1 rings (SSSR count). The lowest BCUT2D eigenvalue weighted by atomic mass is 10.1. The second-order valence-corrected chi connectivity index (χ2v) is 10.9. The molecule has 7 heteroatoms. The average molecular weight is 387 g/mol. The molecule has 0 spiro atoms. The number of benzene rings is 1. The zero-order valence-electron chi connectivity index (χ0n) is 16.0. The van der Waals surface area contributed by atoms with E-state index in [9.17, 15) is 13.2 Å². The number of anilines is 1. The Hall–Kier alpha value is -1.21. The lowest BCUT2D eigenvalue weighted by molar-refractivity contribution is -0.122. The van der Waals surface area contributed by atoms with Crippen molar-refractivity contribution in [3.8, 4) is 0 Å². The van der Waals surface area contributed by atoms with Crippen LogP contribution in [0.25, 0.3) is 0 Å². The van der Waals surface area contributed by atoms with Gasteiger partial charge in [-0.3, -0.25) is 9.10 Å². The maximum atomic E-state index is 12.6. The summed E-state index contributed by atoms with van der Waals surface area (Å²) in [5.41, 5.74) is 1.55. The molecular weight excluding hydrogens is 356 g/mol. The molecule has 0 fully saturated rings. The molecule has 0 unspecified atom stereocenters. The van der Waals surface area contributed by atoms with Crippen LogP contribution in [0.5, 0.6) is 0 Å². The Morgan fingerprint density at radius 1 is 1.24 bits per heavy atom. The first kappa shape index (κ1) is 21.8. The van der Waals surface area contributed by atoms with E-state index in [4.69, 9.17) is 0 Å². The van der Waals surface area contributed by atoms with Crippen molar-refractivity contribution in [1.82, 2.24) is 5.32 Å². The van der Waals surface area contributed by atoms with Gasteiger partial charge in [0.2, 0.25) is 15.9 Å². The Bertz CT molecular complexity index is 665. The summed E-state index contributed by atoms with van der Waals surface area (Å²) >= 11 is 1.76. The SMILES string of the molecule is CC[C@H](C(=O)NCCSC(C)(C)C)N(c1ccc(C)cc1)S(C)(=O)=O. The second kappa shape index (κ2) is 8.94. The van der Waals surface area contributed by atoms with E-state index in [1.807, 2.05) is 26.0 Å². The molecule has 1 amide bonds. The number of aryl methyl sites for hydroxylation is 1. The number of hydrogen-bond acceptors (Lipinski definition) is 4. The molecule has 1 N–H and O–H groups in total. The first-order valence-electron chi connectivity index (χ1n) is 8.43. The number of sulfonamides is 1. The summed E-state index contributed by atoms with van der Waals surface area (Å²) < 4.78 is 26.0. The molecule has 0 aliphatic carbocycles. The van der Waals surface area contributed by atoms with Crippen molar-refractivity contribution in [3.05, 3.63) is 29.8 Å². The van der Waals surface area contributed by atoms with Crippen LogP contribution in [-0.2, 0) is 14.8 Å². The molecule has 142 valence electrons. The summed E-state index contributed by atoms with van der Waals surface area (Å²) in [4.78, 5) is 12.6. The van der Waals surface area contributed by atoms with Gasteiger partial charge in [-0.25, -0.2) is 8.42 Å². The van der Waals surface area contributed by atoms with Gasteiger partial charge in [0, 0.05) is 17.0 Å². The summed E-state index contributed by atoms with van der Waals surface area (Å²) in [5.74, 6) is 0.526. The van der Waals surface area contributed by atoms with Crippen LogP contribution >= 0.6 is 11.8 Å². The van der Waals surface area contributed by atoms with Crippen LogP contribution in [0, 0.1) is 6.92 Å². The molecule has 0 heterocycles. The van der Waals surface area contributed by atoms with Gasteiger partial charge in [-0.15, -0.1) is 0 Å². The van der Waals surface area contributed by atoms with Gasteiger partial charge in [0.25, 0.3) is 0 Å². The van der Waals surface area contributed by atoms with E-state index >= 15 is 0 Å². The first-order valence-corrected chi connectivity index (χ1v) is 11.3. The van der Waals surface area contributed by atoms with Crippen molar-refractivity contribution in [1.29, 1.82) is 0 Å². The van der Waals surface area contributed by atoms with E-state index in [1.165, 1.54) is 4.31 Å². The predicted octanol–water partition coefficient (Wildman–Crippen LogP) is 3.19. The minimum Gasteiger partial charge on any atom is -0.353 e. The van der Waals surface area contributed by atoms with Gasteiger partial charge in [0.1, 0.15) is 6.04 Å². The van der Waals surface area contributed by atoms with Crippen LogP contribution in [0.3, 0.4) is 0 Å². The van der Waals surface area contributed by atoms with Gasteiger partial charge in [0.15, 0.2) is 0 Å². The van der Waals surface area contributed by atoms with Crippen molar-refractivity contribution in [2.45, 2.75) is 51.8 Å². The zero-order valence-corrected chi connectivity index (χ0v) is 17.6. The van der Waals surface area contributed by atoms with E-state index in [-0.39, 0.29) is 10.7 Å². The highest BCUT2D eigenvalue weighted by Gasteiger charge is 2.31. The maximum Gasteiger partial charge on any atom is 0.243 e. The summed E-state index contributed by atoms with van der Waals surface area (Å²) in [5, 5.41) is 2.87. The minimum absolute atomic E-state index is 0.135. The summed E-state index contributed by atoms with van der Waals surface area (Å²) in [6, 6.07) is 6.41. The fourth-order valence-corrected chi connectivity index (χ4v) is 4.43. The smallest absolute Gasteiger partial charge is 0.243 e. The fraction of sp³-hybridized carbons (Fsp3) is 0.611. The molecule has 0 saturated carbocycles. The zero-order chi connectivity index (χ0) is 19.3. The number of carbonyl (C=O) groups is 1. The number of nitrogens with zero attached hydrogens (tertiary/aromatic N) is 1. The average Bonchev–Trinajstić information content (AvgIpc) is 2.48. The normalized spacial score (nSPS) is 13.4. The highest BCUT2D eigenvalue weighted by atomic mass is 32.2. The molecule has 0 aliphatic heterocycles. The molecule has 1 atom stereocenters. The Labute approximate surface area is 156 Å². The number of hydrogen-bond donors (Lipinski definition) is 1. The van der Waals surface area contributed by atoms with Crippen molar-refractivity contribution in [2.75, 3.05) is 22.9 Å². The van der Waals surface area contributed by atoms with E-state index < -0.39 is 16.1 Å². The fourth-order valence-electron chi connectivity index (χ4n) is 2.40. The number of amides is 1. The minimum atomic E-state index is -3.57. The van der Waals surface area contributed by atoms with Crippen LogP contribution in [0.2, 0.25) is 0 Å². The lowest BCUT2D eigenvalue weighted by Crippen LogP contribution is -2.49. The number of nitrogens with one attached hydrogen (secondary N) is 1. The molecule has 0 aromatic heterocycles. The maximum absolute atomic E-state index is 12.6. The van der Waals surface area contributed by atoms with Crippen LogP contribution < -0.4 is 9.62 Å². The summed E-state index contributed by atoms with van der Waals surface area (Å²) in [6.45, 7) is 10.6. The number of carbonyl (C=O) groups excluding carboxylic acids is 1. The van der Waals surface area contributed by atoms with E-state index in [0.29, 0.717) is 18.7 Å². The molecule has 1 aromatic rings. The number of thioether (sulfide) groups is 1. The van der Waals surface area contributed by atoms with Crippen LogP contribution in [0.1, 0.15) is 39.7 Å². The molecule has 0 bridgehead atoms. The van der Waals surface area contributed by atoms with Gasteiger partial charge in [-0.05, 0) is 25.5 Å². The van der Waals surface area contributed by atoms with E-state index in [1.54, 1.807) is 23.9 Å². The molecular formula is C18H30N2O3S2. The van der Waals surface area contributed by atoms with Crippen molar-refractivity contribution >= 4 is 33.4 Å². The monoisotopic (exact) mass is 386 g/mol. The summed E-state index contributed by atoms with van der Waals surface area (Å²) in [7, 11) is -3.57. The first-order chi connectivity index (χ1) is 11.5. The van der Waals surface area contributed by atoms with E-state index in [2.05, 4.69) is 26.1 Å². The van der Waals surface area contributed by atoms with Crippen molar-refractivity contribution in [2.24, 2.45) is 0 Å². The van der Waals surface area contributed by atoms with E-state index in [0.717, 1.165) is 17.6 Å². The van der Waals surface area contributed by atoms with Crippen LogP contribution in [-0.4, -0.2) is 43.7 Å². The van der Waals surface area contributed by atoms with Gasteiger partial charge in [-0.2, -0.15) is 11.8 Å². The third-order valence-corrected chi connectivity index (χ3v) is 6.01.